The third-order valence-corrected chi connectivity index (χ3v) is 7.86. The number of rotatable bonds is 10. The van der Waals surface area contributed by atoms with Crippen molar-refractivity contribution in [2.75, 3.05) is 38.8 Å². The largest absolute Gasteiger partial charge is 0.418 e. The van der Waals surface area contributed by atoms with Crippen LogP contribution >= 0.6 is 11.6 Å². The summed E-state index contributed by atoms with van der Waals surface area (Å²) in [4.78, 5) is 8.86. The minimum Gasteiger partial charge on any atom is -0.383 e. The molecule has 2 fully saturated rings. The molecule has 1 saturated carbocycles. The predicted octanol–water partition coefficient (Wildman–Crippen LogP) is 6.38. The Morgan fingerprint density at radius 1 is 1.11 bits per heavy atom. The number of hydrogen-bond acceptors (Lipinski definition) is 6. The van der Waals surface area contributed by atoms with E-state index in [1.165, 1.54) is 12.3 Å². The molecule has 2 N–H and O–H groups in total. The lowest BCUT2D eigenvalue weighted by atomic mass is 9.83. The van der Waals surface area contributed by atoms with Crippen molar-refractivity contribution in [1.82, 2.24) is 15.3 Å². The zero-order valence-corrected chi connectivity index (χ0v) is 22.9. The Morgan fingerprint density at radius 2 is 1.84 bits per heavy atom. The van der Waals surface area contributed by atoms with Gasteiger partial charge in [0.2, 0.25) is 0 Å². The van der Waals surface area contributed by atoms with Gasteiger partial charge in [0, 0.05) is 56.4 Å². The van der Waals surface area contributed by atoms with Crippen LogP contribution in [0.15, 0.2) is 24.4 Å². The Balaban J connectivity index is 1.48. The summed E-state index contributed by atoms with van der Waals surface area (Å²) in [6.45, 7) is 4.85. The lowest BCUT2D eigenvalue weighted by molar-refractivity contribution is -0.137. The molecule has 1 atom stereocenters. The maximum atomic E-state index is 14.0. The van der Waals surface area contributed by atoms with Crippen molar-refractivity contribution in [2.45, 2.75) is 70.1 Å². The number of nitrogens with one attached hydrogen (secondary N) is 2. The highest BCUT2D eigenvalue weighted by Crippen LogP contribution is 2.39. The average Bonchev–Trinajstić information content (AvgIpc) is 2.90. The van der Waals surface area contributed by atoms with Crippen LogP contribution in [0.4, 0.5) is 19.0 Å². The third kappa shape index (κ3) is 8.04. The van der Waals surface area contributed by atoms with Crippen molar-refractivity contribution >= 4 is 17.4 Å². The molecule has 4 rings (SSSR count). The lowest BCUT2D eigenvalue weighted by Gasteiger charge is -2.31. The molecule has 1 aliphatic carbocycles. The molecule has 10 heteroatoms. The Bertz CT molecular complexity index is 1040. The van der Waals surface area contributed by atoms with Crippen LogP contribution < -0.4 is 10.6 Å². The Morgan fingerprint density at radius 3 is 2.53 bits per heavy atom. The normalized spacial score (nSPS) is 21.8. The Hall–Kier alpha value is -1.94. The van der Waals surface area contributed by atoms with E-state index in [0.29, 0.717) is 62.5 Å². The van der Waals surface area contributed by atoms with E-state index in [4.69, 9.17) is 21.1 Å². The van der Waals surface area contributed by atoms with E-state index in [1.807, 2.05) is 0 Å². The summed E-state index contributed by atoms with van der Waals surface area (Å²) in [6, 6.07) is 4.93. The van der Waals surface area contributed by atoms with Gasteiger partial charge in [0.15, 0.2) is 0 Å². The molecule has 0 radical (unpaired) electrons. The summed E-state index contributed by atoms with van der Waals surface area (Å²) in [5.74, 6) is 1.23. The number of methoxy groups -OCH3 is 1. The number of anilines is 1. The van der Waals surface area contributed by atoms with Crippen LogP contribution in [0.2, 0.25) is 5.02 Å². The monoisotopic (exact) mass is 554 g/mol. The predicted molar refractivity (Wildman–Crippen MR) is 143 cm³/mol. The molecule has 2 aliphatic rings. The van der Waals surface area contributed by atoms with Crippen LogP contribution in [-0.2, 0) is 22.1 Å². The van der Waals surface area contributed by atoms with Gasteiger partial charge in [-0.3, -0.25) is 4.98 Å². The standard InChI is InChI=1S/C28H38ClF3N4O2/c1-18(17-37-2)35-21-5-3-19(4-6-21)13-22-14-23(25(29)16-33-22)27-24(28(30,31)32)7-8-26(36-27)34-15-20-9-11-38-12-10-20/h7-8,14,16,18-21,35H,3-6,9-13,15,17H2,1-2H3,(H,34,36)/t18-,19?,21?/m1/s1. The third-order valence-electron chi connectivity index (χ3n) is 7.56. The average molecular weight is 555 g/mol. The fourth-order valence-electron chi connectivity index (χ4n) is 5.50. The second-order valence-corrected chi connectivity index (χ2v) is 11.0. The molecule has 3 heterocycles. The molecule has 0 unspecified atom stereocenters. The van der Waals surface area contributed by atoms with Gasteiger partial charge in [0.25, 0.3) is 0 Å². The molecule has 6 nitrogen and oxygen atoms in total. The van der Waals surface area contributed by atoms with Gasteiger partial charge < -0.3 is 20.1 Å². The quantitative estimate of drug-likeness (QED) is 0.355. The van der Waals surface area contributed by atoms with Crippen LogP contribution in [0.25, 0.3) is 11.3 Å². The Kier molecular flexibility index (Phi) is 10.3. The highest BCUT2D eigenvalue weighted by molar-refractivity contribution is 6.33. The number of alkyl halides is 3. The van der Waals surface area contributed by atoms with Crippen molar-refractivity contribution in [3.63, 3.8) is 0 Å². The Labute approximate surface area is 228 Å². The second kappa shape index (κ2) is 13.4. The topological polar surface area (TPSA) is 68.3 Å². The van der Waals surface area contributed by atoms with Gasteiger partial charge in [0.1, 0.15) is 5.82 Å². The van der Waals surface area contributed by atoms with Crippen molar-refractivity contribution in [1.29, 1.82) is 0 Å². The molecule has 2 aromatic heterocycles. The van der Waals surface area contributed by atoms with Gasteiger partial charge in [-0.25, -0.2) is 4.98 Å². The van der Waals surface area contributed by atoms with Crippen molar-refractivity contribution in [3.8, 4) is 11.3 Å². The molecule has 38 heavy (non-hydrogen) atoms. The molecule has 0 aromatic carbocycles. The van der Waals surface area contributed by atoms with E-state index in [1.54, 1.807) is 13.2 Å². The van der Waals surface area contributed by atoms with Gasteiger partial charge >= 0.3 is 6.18 Å². The fourth-order valence-corrected chi connectivity index (χ4v) is 5.69. The van der Waals surface area contributed by atoms with Gasteiger partial charge in [-0.05, 0) is 81.9 Å². The first-order valence-electron chi connectivity index (χ1n) is 13.5. The number of nitrogens with zero attached hydrogens (tertiary/aromatic N) is 2. The van der Waals surface area contributed by atoms with E-state index in [9.17, 15) is 13.2 Å². The summed E-state index contributed by atoms with van der Waals surface area (Å²) < 4.78 is 52.5. The number of halogens is 4. The van der Waals surface area contributed by atoms with Crippen molar-refractivity contribution < 1.29 is 22.6 Å². The SMILES string of the molecule is COC[C@@H](C)NC1CCC(Cc2cc(-c3nc(NCC4CCOCC4)ccc3C(F)(F)F)c(Cl)cn2)CC1. The molecular formula is C28H38ClF3N4O2. The maximum absolute atomic E-state index is 14.0. The highest BCUT2D eigenvalue weighted by atomic mass is 35.5. The zero-order chi connectivity index (χ0) is 27.1. The highest BCUT2D eigenvalue weighted by Gasteiger charge is 2.35. The number of ether oxygens (including phenoxy) is 2. The molecular weight excluding hydrogens is 517 g/mol. The lowest BCUT2D eigenvalue weighted by Crippen LogP contribution is -2.41. The van der Waals surface area contributed by atoms with Crippen LogP contribution in [0.5, 0.6) is 0 Å². The number of pyridine rings is 2. The number of aromatic nitrogens is 2. The summed E-state index contributed by atoms with van der Waals surface area (Å²) in [5, 5.41) is 7.00. The fraction of sp³-hybridized carbons (Fsp3) is 0.643. The van der Waals surface area contributed by atoms with Crippen molar-refractivity contribution in [3.05, 3.63) is 40.7 Å². The second-order valence-electron chi connectivity index (χ2n) is 10.6. The van der Waals surface area contributed by atoms with Crippen molar-refractivity contribution in [2.24, 2.45) is 11.8 Å². The smallest absolute Gasteiger partial charge is 0.383 e. The molecule has 2 aromatic rings. The van der Waals surface area contributed by atoms with E-state index >= 15 is 0 Å². The van der Waals surface area contributed by atoms with Gasteiger partial charge in [0.05, 0.1) is 22.9 Å². The minimum atomic E-state index is -4.56. The molecule has 1 aliphatic heterocycles. The molecule has 1 saturated heterocycles. The summed E-state index contributed by atoms with van der Waals surface area (Å²) in [7, 11) is 1.70. The molecule has 0 amide bonds. The first-order valence-corrected chi connectivity index (χ1v) is 13.9. The number of hydrogen-bond donors (Lipinski definition) is 2. The first kappa shape index (κ1) is 29.1. The zero-order valence-electron chi connectivity index (χ0n) is 22.1. The van der Waals surface area contributed by atoms with Crippen LogP contribution in [0, 0.1) is 11.8 Å². The minimum absolute atomic E-state index is 0.161. The molecule has 0 spiro atoms. The van der Waals surface area contributed by atoms with Crippen LogP contribution in [0.1, 0.15) is 56.7 Å². The maximum Gasteiger partial charge on any atom is 0.418 e. The van der Waals surface area contributed by atoms with E-state index in [-0.39, 0.29) is 16.3 Å². The van der Waals surface area contributed by atoms with Crippen LogP contribution in [0.3, 0.4) is 0 Å². The molecule has 0 bridgehead atoms. The summed E-state index contributed by atoms with van der Waals surface area (Å²) in [5.41, 5.74) is 0.0413. The summed E-state index contributed by atoms with van der Waals surface area (Å²) >= 11 is 6.42. The van der Waals surface area contributed by atoms with E-state index in [2.05, 4.69) is 27.5 Å². The van der Waals surface area contributed by atoms with Crippen LogP contribution in [-0.4, -0.2) is 55.5 Å². The van der Waals surface area contributed by atoms with Gasteiger partial charge in [-0.2, -0.15) is 13.2 Å². The first-order chi connectivity index (χ1) is 18.2. The van der Waals surface area contributed by atoms with E-state index < -0.39 is 11.7 Å². The summed E-state index contributed by atoms with van der Waals surface area (Å²) in [6.07, 6.45) is 3.63. The van der Waals surface area contributed by atoms with Gasteiger partial charge in [-0.15, -0.1) is 0 Å². The van der Waals surface area contributed by atoms with Gasteiger partial charge in [-0.1, -0.05) is 11.6 Å². The molecule has 210 valence electrons. The van der Waals surface area contributed by atoms with E-state index in [0.717, 1.165) is 50.3 Å².